The molecule has 0 unspecified atom stereocenters. The van der Waals surface area contributed by atoms with Crippen LogP contribution < -0.4 is 5.56 Å². The lowest BCUT2D eigenvalue weighted by molar-refractivity contribution is 0.100. The highest BCUT2D eigenvalue weighted by atomic mass is 16.1. The van der Waals surface area contributed by atoms with Gasteiger partial charge in [0.25, 0.3) is 5.56 Å². The van der Waals surface area contributed by atoms with Gasteiger partial charge in [-0.05, 0) is 37.8 Å². The summed E-state index contributed by atoms with van der Waals surface area (Å²) < 4.78 is 1.86. The molecule has 1 aliphatic carbocycles. The summed E-state index contributed by atoms with van der Waals surface area (Å²) >= 11 is 0. The summed E-state index contributed by atoms with van der Waals surface area (Å²) in [7, 11) is 0. The number of para-hydroxylation sites is 2. The van der Waals surface area contributed by atoms with Gasteiger partial charge in [0.05, 0.1) is 11.0 Å². The van der Waals surface area contributed by atoms with Gasteiger partial charge < -0.3 is 9.47 Å². The van der Waals surface area contributed by atoms with Gasteiger partial charge in [-0.15, -0.1) is 0 Å². The maximum Gasteiger partial charge on any atom is 0.280 e. The van der Waals surface area contributed by atoms with E-state index in [4.69, 9.17) is 0 Å². The SMILES string of the molecule is CC(=O)c1nc2ccccc2n(C2CCN(C3CCCCCCC3)CC2)c1=O. The van der Waals surface area contributed by atoms with Crippen molar-refractivity contribution >= 4 is 16.8 Å². The van der Waals surface area contributed by atoms with Crippen LogP contribution in [0.1, 0.15) is 81.2 Å². The molecule has 0 amide bonds. The second-order valence-corrected chi connectivity index (χ2v) is 8.45. The zero-order valence-corrected chi connectivity index (χ0v) is 16.9. The van der Waals surface area contributed by atoms with E-state index in [1.165, 1.54) is 51.9 Å². The van der Waals surface area contributed by atoms with E-state index in [-0.39, 0.29) is 23.1 Å². The molecular weight excluding hydrogens is 350 g/mol. The van der Waals surface area contributed by atoms with Crippen molar-refractivity contribution < 1.29 is 4.79 Å². The topological polar surface area (TPSA) is 55.2 Å². The maximum absolute atomic E-state index is 13.1. The average molecular weight is 382 g/mol. The summed E-state index contributed by atoms with van der Waals surface area (Å²) in [5.74, 6) is -0.253. The monoisotopic (exact) mass is 381 g/mol. The molecule has 1 saturated heterocycles. The van der Waals surface area contributed by atoms with E-state index >= 15 is 0 Å². The van der Waals surface area contributed by atoms with Gasteiger partial charge in [0.2, 0.25) is 0 Å². The summed E-state index contributed by atoms with van der Waals surface area (Å²) in [6.07, 6.45) is 11.4. The second-order valence-electron chi connectivity index (χ2n) is 8.45. The van der Waals surface area contributed by atoms with Gasteiger partial charge in [0.1, 0.15) is 0 Å². The molecule has 5 heteroatoms. The number of Topliss-reactive ketones (excluding diaryl/α,β-unsaturated/α-hetero) is 1. The van der Waals surface area contributed by atoms with Crippen LogP contribution in [0.4, 0.5) is 0 Å². The van der Waals surface area contributed by atoms with E-state index in [1.54, 1.807) is 0 Å². The largest absolute Gasteiger partial charge is 0.302 e. The molecule has 5 nitrogen and oxygen atoms in total. The van der Waals surface area contributed by atoms with Crippen LogP contribution in [-0.2, 0) is 0 Å². The first-order valence-corrected chi connectivity index (χ1v) is 10.9. The summed E-state index contributed by atoms with van der Waals surface area (Å²) in [4.78, 5) is 32.0. The predicted molar refractivity (Wildman–Crippen MR) is 112 cm³/mol. The van der Waals surface area contributed by atoms with Gasteiger partial charge in [-0.25, -0.2) is 4.98 Å². The fourth-order valence-corrected chi connectivity index (χ4v) is 5.05. The highest BCUT2D eigenvalue weighted by molar-refractivity contribution is 5.93. The van der Waals surface area contributed by atoms with Crippen LogP contribution in [0.3, 0.4) is 0 Å². The standard InChI is InChI=1S/C23H31N3O2/c1-17(27)22-23(28)26(21-12-8-7-11-20(21)24-22)19-13-15-25(16-14-19)18-9-5-3-2-4-6-10-18/h7-8,11-12,18-19H,2-6,9-10,13-16H2,1H3. The number of fused-ring (bicyclic) bond motifs is 1. The Morgan fingerprint density at radius 2 is 1.57 bits per heavy atom. The lowest BCUT2D eigenvalue weighted by atomic mass is 9.93. The number of ketones is 1. The Morgan fingerprint density at radius 1 is 0.929 bits per heavy atom. The van der Waals surface area contributed by atoms with Gasteiger partial charge in [0.15, 0.2) is 11.5 Å². The molecule has 0 radical (unpaired) electrons. The number of hydrogen-bond donors (Lipinski definition) is 0. The molecule has 1 aromatic carbocycles. The van der Waals surface area contributed by atoms with Gasteiger partial charge in [-0.1, -0.05) is 44.2 Å². The van der Waals surface area contributed by atoms with E-state index in [1.807, 2.05) is 28.8 Å². The van der Waals surface area contributed by atoms with Crippen LogP contribution in [0, 0.1) is 0 Å². The number of hydrogen-bond acceptors (Lipinski definition) is 4. The van der Waals surface area contributed by atoms with Crippen molar-refractivity contribution in [2.24, 2.45) is 0 Å². The van der Waals surface area contributed by atoms with Crippen LogP contribution in [0.2, 0.25) is 0 Å². The lowest BCUT2D eigenvalue weighted by Crippen LogP contribution is -2.44. The molecule has 0 N–H and O–H groups in total. The highest BCUT2D eigenvalue weighted by Crippen LogP contribution is 2.29. The van der Waals surface area contributed by atoms with Crippen LogP contribution in [0.5, 0.6) is 0 Å². The average Bonchev–Trinajstić information content (AvgIpc) is 2.67. The molecule has 1 aromatic heterocycles. The lowest BCUT2D eigenvalue weighted by Gasteiger charge is -2.39. The number of rotatable bonds is 3. The van der Waals surface area contributed by atoms with E-state index in [0.717, 1.165) is 37.0 Å². The highest BCUT2D eigenvalue weighted by Gasteiger charge is 2.28. The quantitative estimate of drug-likeness (QED) is 0.742. The zero-order chi connectivity index (χ0) is 19.5. The minimum atomic E-state index is -0.253. The number of likely N-dealkylation sites (tertiary alicyclic amines) is 1. The number of nitrogens with zero attached hydrogens (tertiary/aromatic N) is 3. The molecule has 0 bridgehead atoms. The third kappa shape index (κ3) is 3.90. The number of carbonyl (C=O) groups is 1. The Morgan fingerprint density at radius 3 is 2.25 bits per heavy atom. The second kappa shape index (κ2) is 8.56. The minimum absolute atomic E-state index is 0.0705. The van der Waals surface area contributed by atoms with Gasteiger partial charge in [0, 0.05) is 32.1 Å². The Balaban J connectivity index is 1.57. The third-order valence-electron chi connectivity index (χ3n) is 6.58. The third-order valence-corrected chi connectivity index (χ3v) is 6.58. The maximum atomic E-state index is 13.1. The van der Waals surface area contributed by atoms with Crippen molar-refractivity contribution in [3.8, 4) is 0 Å². The van der Waals surface area contributed by atoms with Crippen molar-refractivity contribution in [2.45, 2.75) is 76.8 Å². The van der Waals surface area contributed by atoms with Crippen molar-refractivity contribution in [1.29, 1.82) is 0 Å². The molecule has 2 aromatic rings. The van der Waals surface area contributed by atoms with Crippen molar-refractivity contribution in [3.63, 3.8) is 0 Å². The number of carbonyl (C=O) groups excluding carboxylic acids is 1. The van der Waals surface area contributed by atoms with Crippen LogP contribution >= 0.6 is 0 Å². The van der Waals surface area contributed by atoms with Crippen LogP contribution in [0.25, 0.3) is 11.0 Å². The van der Waals surface area contributed by atoms with E-state index in [0.29, 0.717) is 6.04 Å². The fraction of sp³-hybridized carbons (Fsp3) is 0.609. The molecule has 2 heterocycles. The van der Waals surface area contributed by atoms with Crippen molar-refractivity contribution in [1.82, 2.24) is 14.5 Å². The number of piperidine rings is 1. The van der Waals surface area contributed by atoms with Gasteiger partial charge in [-0.2, -0.15) is 0 Å². The number of benzene rings is 1. The molecule has 4 rings (SSSR count). The Hall–Kier alpha value is -2.01. The smallest absolute Gasteiger partial charge is 0.280 e. The van der Waals surface area contributed by atoms with E-state index in [9.17, 15) is 9.59 Å². The zero-order valence-electron chi connectivity index (χ0n) is 16.9. The molecule has 2 aliphatic rings. The van der Waals surface area contributed by atoms with Crippen molar-refractivity contribution in [2.75, 3.05) is 13.1 Å². The van der Waals surface area contributed by atoms with Crippen LogP contribution in [0.15, 0.2) is 29.1 Å². The Bertz CT molecular complexity index is 888. The minimum Gasteiger partial charge on any atom is -0.302 e. The van der Waals surface area contributed by atoms with E-state index in [2.05, 4.69) is 9.88 Å². The summed E-state index contributed by atoms with van der Waals surface area (Å²) in [5.41, 5.74) is 1.42. The summed E-state index contributed by atoms with van der Waals surface area (Å²) in [6, 6.07) is 8.54. The first-order valence-electron chi connectivity index (χ1n) is 10.9. The fourth-order valence-electron chi connectivity index (χ4n) is 5.05. The summed E-state index contributed by atoms with van der Waals surface area (Å²) in [6.45, 7) is 3.50. The molecule has 0 atom stereocenters. The van der Waals surface area contributed by atoms with Gasteiger partial charge >= 0.3 is 0 Å². The Labute approximate surface area is 166 Å². The van der Waals surface area contributed by atoms with Crippen molar-refractivity contribution in [3.05, 3.63) is 40.3 Å². The van der Waals surface area contributed by atoms with E-state index < -0.39 is 0 Å². The first-order chi connectivity index (χ1) is 13.6. The molecule has 28 heavy (non-hydrogen) atoms. The van der Waals surface area contributed by atoms with Gasteiger partial charge in [-0.3, -0.25) is 9.59 Å². The molecule has 1 aliphatic heterocycles. The predicted octanol–water partition coefficient (Wildman–Crippen LogP) is 4.35. The normalized spacial score (nSPS) is 20.8. The Kier molecular flexibility index (Phi) is 5.90. The molecule has 0 spiro atoms. The number of aromatic nitrogens is 2. The first kappa shape index (κ1) is 19.3. The summed E-state index contributed by atoms with van der Waals surface area (Å²) in [5, 5.41) is 0. The molecule has 150 valence electrons. The molecular formula is C23H31N3O2. The molecule has 2 fully saturated rings. The molecule has 1 saturated carbocycles. The van der Waals surface area contributed by atoms with Crippen LogP contribution in [-0.4, -0.2) is 39.4 Å².